The maximum atomic E-state index is 9.74. The number of allylic oxidation sites excluding steroid dienone is 1. The van der Waals surface area contributed by atoms with E-state index >= 15 is 0 Å². The van der Waals surface area contributed by atoms with Crippen LogP contribution in [0.4, 0.5) is 5.69 Å². The number of nitriles is 1. The van der Waals surface area contributed by atoms with E-state index in [2.05, 4.69) is 80.6 Å². The monoisotopic (exact) mass is 436 g/mol. The second-order valence-corrected chi connectivity index (χ2v) is 9.74. The van der Waals surface area contributed by atoms with Gasteiger partial charge in [-0.1, -0.05) is 35.0 Å². The van der Waals surface area contributed by atoms with Crippen molar-refractivity contribution in [2.45, 2.75) is 65.5 Å². The Balaban J connectivity index is 2.12. The highest BCUT2D eigenvalue weighted by Crippen LogP contribution is 2.45. The molecule has 0 fully saturated rings. The first kappa shape index (κ1) is 20.7. The summed E-state index contributed by atoms with van der Waals surface area (Å²) in [4.78, 5) is 2.56. The Morgan fingerprint density at radius 1 is 1.25 bits per heavy atom. The predicted octanol–water partition coefficient (Wildman–Crippen LogP) is 7.32. The van der Waals surface area contributed by atoms with Gasteiger partial charge >= 0.3 is 0 Å². The smallest absolute Gasteiger partial charge is 0.0998 e. The normalized spacial score (nSPS) is 18.8. The van der Waals surface area contributed by atoms with Crippen LogP contribution in [0.5, 0.6) is 0 Å². The summed E-state index contributed by atoms with van der Waals surface area (Å²) < 4.78 is 1.02. The molecule has 0 N–H and O–H groups in total. The lowest BCUT2D eigenvalue weighted by Gasteiger charge is -2.50. The van der Waals surface area contributed by atoms with Gasteiger partial charge in [0.1, 0.15) is 0 Å². The molecule has 0 spiro atoms. The lowest BCUT2D eigenvalue weighted by molar-refractivity contribution is 0.356. The molecule has 2 aromatic carbocycles. The van der Waals surface area contributed by atoms with Crippen LogP contribution in [0.1, 0.15) is 69.2 Å². The third kappa shape index (κ3) is 3.89. The fraction of sp³-hybridized carbons (Fsp3) is 0.400. The molecule has 0 saturated carbocycles. The molecule has 0 bridgehead atoms. The molecule has 2 aromatic rings. The zero-order valence-corrected chi connectivity index (χ0v) is 19.3. The molecule has 1 aliphatic heterocycles. The maximum Gasteiger partial charge on any atom is 0.0998 e. The van der Waals surface area contributed by atoms with Crippen molar-refractivity contribution in [1.29, 1.82) is 5.26 Å². The molecule has 1 atom stereocenters. The van der Waals surface area contributed by atoms with Crippen molar-refractivity contribution in [1.82, 2.24) is 0 Å². The Morgan fingerprint density at radius 2 is 1.89 bits per heavy atom. The van der Waals surface area contributed by atoms with Crippen LogP contribution in [0, 0.1) is 18.3 Å². The average molecular weight is 437 g/mol. The van der Waals surface area contributed by atoms with Crippen LogP contribution in [0.3, 0.4) is 0 Å². The summed E-state index contributed by atoms with van der Waals surface area (Å²) in [5, 5.41) is 9.74. The predicted molar refractivity (Wildman–Crippen MR) is 124 cm³/mol. The van der Waals surface area contributed by atoms with Gasteiger partial charge in [0.2, 0.25) is 0 Å². The van der Waals surface area contributed by atoms with Gasteiger partial charge < -0.3 is 4.90 Å². The van der Waals surface area contributed by atoms with Gasteiger partial charge in [-0.05, 0) is 99.6 Å². The molecule has 0 radical (unpaired) electrons. The van der Waals surface area contributed by atoms with Crippen molar-refractivity contribution >= 4 is 33.3 Å². The zero-order valence-electron chi connectivity index (χ0n) is 17.7. The minimum atomic E-state index is 0.139. The molecular formula is C25H29BrN2. The fourth-order valence-electron chi connectivity index (χ4n) is 4.71. The Labute approximate surface area is 178 Å². The van der Waals surface area contributed by atoms with Crippen LogP contribution in [-0.2, 0) is 0 Å². The van der Waals surface area contributed by atoms with Crippen LogP contribution in [0.2, 0.25) is 0 Å². The number of anilines is 1. The van der Waals surface area contributed by atoms with E-state index in [4.69, 9.17) is 0 Å². The summed E-state index contributed by atoms with van der Waals surface area (Å²) in [5.74, 6) is 0.492. The molecule has 0 aromatic heterocycles. The van der Waals surface area contributed by atoms with Crippen molar-refractivity contribution in [3.63, 3.8) is 0 Å². The van der Waals surface area contributed by atoms with Crippen LogP contribution in [-0.4, -0.2) is 11.6 Å². The standard InChI is InChI=1S/C25H29BrN2/c1-16(2)28-24-11-17(3)20(13-23(24)18(4)14-25(28,5)6)12-21(15-27)19-7-9-22(26)10-8-19/h7-13,16,18H,14H2,1-6H3/b21-12-. The number of rotatable bonds is 3. The SMILES string of the molecule is Cc1cc2c(cc1/C=C(/C#N)c1ccc(Br)cc1)C(C)CC(C)(C)N2C(C)C. The minimum Gasteiger partial charge on any atom is -0.364 e. The van der Waals surface area contributed by atoms with Gasteiger partial charge in [0, 0.05) is 21.7 Å². The number of halogens is 1. The zero-order chi connectivity index (χ0) is 20.6. The van der Waals surface area contributed by atoms with E-state index in [1.807, 2.05) is 30.3 Å². The number of fused-ring (bicyclic) bond motifs is 1. The highest BCUT2D eigenvalue weighted by Gasteiger charge is 2.37. The van der Waals surface area contributed by atoms with Gasteiger partial charge in [-0.15, -0.1) is 0 Å². The quantitative estimate of drug-likeness (QED) is 0.372. The van der Waals surface area contributed by atoms with Crippen molar-refractivity contribution < 1.29 is 0 Å². The van der Waals surface area contributed by atoms with E-state index in [1.165, 1.54) is 16.8 Å². The first-order valence-electron chi connectivity index (χ1n) is 9.95. The van der Waals surface area contributed by atoms with Gasteiger partial charge in [0.25, 0.3) is 0 Å². The van der Waals surface area contributed by atoms with E-state index in [9.17, 15) is 5.26 Å². The van der Waals surface area contributed by atoms with Crippen LogP contribution < -0.4 is 4.90 Å². The van der Waals surface area contributed by atoms with Gasteiger partial charge in [0.15, 0.2) is 0 Å². The van der Waals surface area contributed by atoms with Gasteiger partial charge in [-0.25, -0.2) is 0 Å². The molecule has 2 nitrogen and oxygen atoms in total. The van der Waals surface area contributed by atoms with Crippen molar-refractivity contribution in [3.05, 3.63) is 63.1 Å². The molecule has 1 heterocycles. The van der Waals surface area contributed by atoms with Gasteiger partial charge in [0.05, 0.1) is 11.6 Å². The van der Waals surface area contributed by atoms with E-state index < -0.39 is 0 Å². The molecule has 28 heavy (non-hydrogen) atoms. The largest absolute Gasteiger partial charge is 0.364 e. The minimum absolute atomic E-state index is 0.139. The van der Waals surface area contributed by atoms with Gasteiger partial charge in [-0.3, -0.25) is 0 Å². The second-order valence-electron chi connectivity index (χ2n) is 8.83. The molecule has 0 saturated heterocycles. The summed E-state index contributed by atoms with van der Waals surface area (Å²) in [6, 6.07) is 15.4. The third-order valence-electron chi connectivity index (χ3n) is 5.76. The topological polar surface area (TPSA) is 27.0 Å². The molecular weight excluding hydrogens is 408 g/mol. The first-order chi connectivity index (χ1) is 13.1. The van der Waals surface area contributed by atoms with Gasteiger partial charge in [-0.2, -0.15) is 5.26 Å². The fourth-order valence-corrected chi connectivity index (χ4v) is 4.98. The van der Waals surface area contributed by atoms with Crippen LogP contribution in [0.15, 0.2) is 40.9 Å². The summed E-state index contributed by atoms with van der Waals surface area (Å²) in [6.45, 7) is 13.7. The molecule has 3 rings (SSSR count). The maximum absolute atomic E-state index is 9.74. The summed E-state index contributed by atoms with van der Waals surface area (Å²) in [6.07, 6.45) is 3.16. The summed E-state index contributed by atoms with van der Waals surface area (Å²) in [7, 11) is 0. The number of aryl methyl sites for hydroxylation is 1. The molecule has 1 unspecified atom stereocenters. The number of hydrogen-bond acceptors (Lipinski definition) is 2. The Kier molecular flexibility index (Phi) is 5.73. The molecule has 146 valence electrons. The lowest BCUT2D eigenvalue weighted by Crippen LogP contribution is -2.51. The van der Waals surface area contributed by atoms with Crippen LogP contribution in [0.25, 0.3) is 11.6 Å². The van der Waals surface area contributed by atoms with Crippen molar-refractivity contribution in [2.75, 3.05) is 4.90 Å². The Bertz CT molecular complexity index is 946. The Hall–Kier alpha value is -2.05. The summed E-state index contributed by atoms with van der Waals surface area (Å²) >= 11 is 3.46. The molecule has 3 heteroatoms. The second kappa shape index (κ2) is 7.76. The van der Waals surface area contributed by atoms with Crippen LogP contribution >= 0.6 is 15.9 Å². The third-order valence-corrected chi connectivity index (χ3v) is 6.28. The van der Waals surface area contributed by atoms with E-state index in [0.717, 1.165) is 22.0 Å². The van der Waals surface area contributed by atoms with E-state index in [-0.39, 0.29) is 5.54 Å². The highest BCUT2D eigenvalue weighted by atomic mass is 79.9. The number of benzene rings is 2. The average Bonchev–Trinajstić information content (AvgIpc) is 2.60. The highest BCUT2D eigenvalue weighted by molar-refractivity contribution is 9.10. The van der Waals surface area contributed by atoms with Crippen molar-refractivity contribution in [3.8, 4) is 6.07 Å². The lowest BCUT2D eigenvalue weighted by atomic mass is 9.78. The van der Waals surface area contributed by atoms with E-state index in [0.29, 0.717) is 17.5 Å². The van der Waals surface area contributed by atoms with Crippen molar-refractivity contribution in [2.24, 2.45) is 0 Å². The molecule has 1 aliphatic rings. The number of hydrogen-bond donors (Lipinski definition) is 0. The Morgan fingerprint density at radius 3 is 2.46 bits per heavy atom. The first-order valence-corrected chi connectivity index (χ1v) is 10.7. The van der Waals surface area contributed by atoms with E-state index in [1.54, 1.807) is 0 Å². The molecule has 0 amide bonds. The number of nitrogens with zero attached hydrogens (tertiary/aromatic N) is 2. The summed E-state index contributed by atoms with van der Waals surface area (Å²) in [5.41, 5.74) is 6.85. The molecule has 0 aliphatic carbocycles.